The summed E-state index contributed by atoms with van der Waals surface area (Å²) in [5.74, 6) is -4.89. The average Bonchev–Trinajstić information content (AvgIpc) is 2.63. The summed E-state index contributed by atoms with van der Waals surface area (Å²) >= 11 is 0. The Bertz CT molecular complexity index is 960. The zero-order valence-electron chi connectivity index (χ0n) is 16.3. The number of carbonyl (C=O) groups excluding carboxylic acids is 3. The number of morpholine rings is 1. The Hall–Kier alpha value is -2.76. The van der Waals surface area contributed by atoms with Crippen molar-refractivity contribution in [1.82, 2.24) is 10.6 Å². The Labute approximate surface area is 172 Å². The zero-order valence-corrected chi connectivity index (χ0v) is 16.3. The third-order valence-corrected chi connectivity index (χ3v) is 5.99. The van der Waals surface area contributed by atoms with Crippen LogP contribution in [0.2, 0.25) is 0 Å². The first-order chi connectivity index (χ1) is 14.4. The predicted molar refractivity (Wildman–Crippen MR) is 94.9 cm³/mol. The number of rotatable bonds is 1. The van der Waals surface area contributed by atoms with Crippen LogP contribution in [0.3, 0.4) is 0 Å². The standard InChI is InChI=1S/C19H18F5N3O4/c1-7(2)13-14-18(15(28)25-17(30)26-16(18)29)5-8-3-9(20)4-10(21)12(8)27(14)6-11(31-13)19(22,23)24/h3-4,7,11,13-14H,5-6H2,1-2H3,(H2,25,26,28,29,30)/t11-,13-,14+/m0/s1. The number of alkyl halides is 3. The van der Waals surface area contributed by atoms with Crippen LogP contribution in [0.1, 0.15) is 19.4 Å². The molecule has 4 amide bonds. The summed E-state index contributed by atoms with van der Waals surface area (Å²) < 4.78 is 74.9. The van der Waals surface area contributed by atoms with E-state index in [-0.39, 0.29) is 11.3 Å². The molecule has 31 heavy (non-hydrogen) atoms. The molecule has 7 nitrogen and oxygen atoms in total. The number of halogens is 5. The van der Waals surface area contributed by atoms with E-state index in [4.69, 9.17) is 4.74 Å². The molecule has 12 heteroatoms. The maximum atomic E-state index is 14.8. The predicted octanol–water partition coefficient (Wildman–Crippen LogP) is 2.03. The number of benzene rings is 1. The number of carbonyl (C=O) groups is 3. The molecule has 1 aromatic rings. The smallest absolute Gasteiger partial charge is 0.361 e. The topological polar surface area (TPSA) is 87.7 Å². The molecule has 3 aliphatic heterocycles. The third kappa shape index (κ3) is 3.15. The van der Waals surface area contributed by atoms with E-state index in [0.29, 0.717) is 6.07 Å². The zero-order chi connectivity index (χ0) is 22.9. The van der Waals surface area contributed by atoms with Crippen LogP contribution in [0.15, 0.2) is 12.1 Å². The van der Waals surface area contributed by atoms with Crippen molar-refractivity contribution in [3.63, 3.8) is 0 Å². The van der Waals surface area contributed by atoms with Gasteiger partial charge < -0.3 is 9.64 Å². The number of fused-ring (bicyclic) bond motifs is 4. The highest BCUT2D eigenvalue weighted by Gasteiger charge is 2.66. The highest BCUT2D eigenvalue weighted by molar-refractivity contribution is 6.20. The quantitative estimate of drug-likeness (QED) is 0.508. The largest absolute Gasteiger partial charge is 0.416 e. The summed E-state index contributed by atoms with van der Waals surface area (Å²) in [5, 5.41) is 3.92. The number of anilines is 1. The molecule has 168 valence electrons. The number of hydrogen-bond acceptors (Lipinski definition) is 5. The van der Waals surface area contributed by atoms with Gasteiger partial charge in [0.15, 0.2) is 11.5 Å². The van der Waals surface area contributed by atoms with Crippen molar-refractivity contribution in [2.75, 3.05) is 11.4 Å². The summed E-state index contributed by atoms with van der Waals surface area (Å²) in [6.07, 6.45) is -9.00. The highest BCUT2D eigenvalue weighted by atomic mass is 19.4. The van der Waals surface area contributed by atoms with E-state index in [1.54, 1.807) is 0 Å². The van der Waals surface area contributed by atoms with E-state index < -0.39 is 78.2 Å². The fourth-order valence-corrected chi connectivity index (χ4v) is 4.73. The van der Waals surface area contributed by atoms with Gasteiger partial charge in [0.25, 0.3) is 0 Å². The molecule has 0 bridgehead atoms. The number of barbiturate groups is 1. The highest BCUT2D eigenvalue weighted by Crippen LogP contribution is 2.50. The number of urea groups is 1. The maximum Gasteiger partial charge on any atom is 0.416 e. The first-order valence-electron chi connectivity index (χ1n) is 9.50. The van der Waals surface area contributed by atoms with Crippen LogP contribution in [0, 0.1) is 23.0 Å². The summed E-state index contributed by atoms with van der Waals surface area (Å²) in [7, 11) is 0. The van der Waals surface area contributed by atoms with E-state index in [9.17, 15) is 36.3 Å². The summed E-state index contributed by atoms with van der Waals surface area (Å²) in [4.78, 5) is 38.6. The van der Waals surface area contributed by atoms with Crippen molar-refractivity contribution < 1.29 is 41.1 Å². The van der Waals surface area contributed by atoms with Crippen molar-refractivity contribution in [3.05, 3.63) is 29.3 Å². The number of hydrogen-bond donors (Lipinski definition) is 2. The SMILES string of the molecule is CC(C)[C@@H]1O[C@H](C(F)(F)F)CN2c3c(F)cc(F)cc3CC3(C(=O)NC(=O)NC3=O)[C@@H]12. The molecule has 1 aromatic carbocycles. The normalized spacial score (nSPS) is 27.7. The van der Waals surface area contributed by atoms with Crippen LogP contribution in [-0.2, 0) is 20.7 Å². The minimum absolute atomic E-state index is 0.154. The van der Waals surface area contributed by atoms with Crippen molar-refractivity contribution in [3.8, 4) is 0 Å². The molecule has 2 fully saturated rings. The van der Waals surface area contributed by atoms with Gasteiger partial charge in [-0.2, -0.15) is 13.2 Å². The molecule has 2 saturated heterocycles. The lowest BCUT2D eigenvalue weighted by molar-refractivity contribution is -0.250. The Morgan fingerprint density at radius 3 is 2.29 bits per heavy atom. The third-order valence-electron chi connectivity index (χ3n) is 5.99. The Morgan fingerprint density at radius 2 is 1.74 bits per heavy atom. The van der Waals surface area contributed by atoms with Gasteiger partial charge in [-0.05, 0) is 17.5 Å². The van der Waals surface area contributed by atoms with E-state index >= 15 is 0 Å². The van der Waals surface area contributed by atoms with E-state index in [1.807, 2.05) is 10.6 Å². The second-order valence-corrected chi connectivity index (χ2v) is 8.25. The molecule has 0 unspecified atom stereocenters. The van der Waals surface area contributed by atoms with Gasteiger partial charge in [0.05, 0.1) is 24.4 Å². The fourth-order valence-electron chi connectivity index (χ4n) is 4.73. The van der Waals surface area contributed by atoms with Gasteiger partial charge in [0, 0.05) is 12.5 Å². The number of nitrogens with one attached hydrogen (secondary N) is 2. The molecule has 1 spiro atoms. The van der Waals surface area contributed by atoms with Gasteiger partial charge >= 0.3 is 12.2 Å². The molecule has 2 N–H and O–H groups in total. The van der Waals surface area contributed by atoms with Gasteiger partial charge in [-0.25, -0.2) is 13.6 Å². The van der Waals surface area contributed by atoms with Crippen molar-refractivity contribution in [2.45, 2.75) is 44.7 Å². The van der Waals surface area contributed by atoms with Crippen LogP contribution in [0.25, 0.3) is 0 Å². The molecule has 0 saturated carbocycles. The van der Waals surface area contributed by atoms with Crippen LogP contribution in [0.4, 0.5) is 32.4 Å². The molecule has 0 aromatic heterocycles. The first-order valence-corrected chi connectivity index (χ1v) is 9.50. The second-order valence-electron chi connectivity index (χ2n) is 8.25. The molecule has 3 heterocycles. The summed E-state index contributed by atoms with van der Waals surface area (Å²) in [6.45, 7) is 2.16. The van der Waals surface area contributed by atoms with Gasteiger partial charge in [0.1, 0.15) is 11.6 Å². The number of ether oxygens (including phenoxy) is 1. The van der Waals surface area contributed by atoms with Crippen molar-refractivity contribution in [1.29, 1.82) is 0 Å². The maximum absolute atomic E-state index is 14.8. The minimum Gasteiger partial charge on any atom is -0.361 e. The van der Waals surface area contributed by atoms with Gasteiger partial charge in [-0.3, -0.25) is 20.2 Å². The number of amides is 4. The van der Waals surface area contributed by atoms with E-state index in [1.165, 1.54) is 13.8 Å². The summed E-state index contributed by atoms with van der Waals surface area (Å²) in [6, 6.07) is -1.06. The molecule has 3 aliphatic rings. The molecular formula is C19H18F5N3O4. The Morgan fingerprint density at radius 1 is 1.13 bits per heavy atom. The molecular weight excluding hydrogens is 429 g/mol. The number of imide groups is 2. The first kappa shape index (κ1) is 21.5. The van der Waals surface area contributed by atoms with Gasteiger partial charge in [0.2, 0.25) is 11.8 Å². The molecule has 3 atom stereocenters. The Balaban J connectivity index is 1.97. The van der Waals surface area contributed by atoms with Crippen molar-refractivity contribution in [2.24, 2.45) is 11.3 Å². The van der Waals surface area contributed by atoms with Crippen LogP contribution < -0.4 is 15.5 Å². The molecule has 0 aliphatic carbocycles. The lowest BCUT2D eigenvalue weighted by Crippen LogP contribution is -2.77. The van der Waals surface area contributed by atoms with Crippen molar-refractivity contribution >= 4 is 23.5 Å². The Kier molecular flexibility index (Phi) is 4.76. The lowest BCUT2D eigenvalue weighted by atomic mass is 9.65. The second kappa shape index (κ2) is 6.87. The average molecular weight is 447 g/mol. The van der Waals surface area contributed by atoms with E-state index in [0.717, 1.165) is 11.0 Å². The monoisotopic (exact) mass is 447 g/mol. The minimum atomic E-state index is -4.81. The molecule has 0 radical (unpaired) electrons. The van der Waals surface area contributed by atoms with E-state index in [2.05, 4.69) is 0 Å². The van der Waals surface area contributed by atoms with Crippen LogP contribution >= 0.6 is 0 Å². The van der Waals surface area contributed by atoms with Crippen LogP contribution in [-0.4, -0.2) is 48.8 Å². The molecule has 4 rings (SSSR count). The van der Waals surface area contributed by atoms with Gasteiger partial charge in [-0.1, -0.05) is 13.8 Å². The van der Waals surface area contributed by atoms with Gasteiger partial charge in [-0.15, -0.1) is 0 Å². The van der Waals surface area contributed by atoms with Crippen LogP contribution in [0.5, 0.6) is 0 Å². The fraction of sp³-hybridized carbons (Fsp3) is 0.526. The number of nitrogens with zero attached hydrogens (tertiary/aromatic N) is 1. The lowest BCUT2D eigenvalue weighted by Gasteiger charge is -2.57. The summed E-state index contributed by atoms with van der Waals surface area (Å²) in [5.41, 5.74) is -2.61.